The van der Waals surface area contributed by atoms with E-state index in [0.29, 0.717) is 13.0 Å². The highest BCUT2D eigenvalue weighted by Crippen LogP contribution is 2.33. The van der Waals surface area contributed by atoms with Crippen LogP contribution in [0.15, 0.2) is 0 Å². The molecule has 4 nitrogen and oxygen atoms in total. The molecule has 4 heteroatoms. The molecule has 2 aliphatic rings. The van der Waals surface area contributed by atoms with E-state index in [0.717, 1.165) is 31.7 Å². The number of hydrogen-bond donors (Lipinski definition) is 1. The second-order valence-electron chi connectivity index (χ2n) is 6.82. The van der Waals surface area contributed by atoms with Gasteiger partial charge < -0.3 is 10.0 Å². The van der Waals surface area contributed by atoms with Crippen molar-refractivity contribution in [1.29, 1.82) is 0 Å². The normalized spacial score (nSPS) is 30.1. The van der Waals surface area contributed by atoms with Crippen molar-refractivity contribution < 1.29 is 14.7 Å². The summed E-state index contributed by atoms with van der Waals surface area (Å²) < 4.78 is 0. The fourth-order valence-electron chi connectivity index (χ4n) is 3.83. The van der Waals surface area contributed by atoms with Gasteiger partial charge in [0, 0.05) is 19.0 Å². The fourth-order valence-corrected chi connectivity index (χ4v) is 3.83. The first-order chi connectivity index (χ1) is 10.1. The van der Waals surface area contributed by atoms with Crippen molar-refractivity contribution in [2.75, 3.05) is 13.1 Å². The van der Waals surface area contributed by atoms with E-state index in [1.165, 1.54) is 32.1 Å². The van der Waals surface area contributed by atoms with Gasteiger partial charge in [-0.05, 0) is 44.4 Å². The molecular weight excluding hydrogens is 266 g/mol. The number of rotatable bonds is 5. The van der Waals surface area contributed by atoms with Crippen LogP contribution in [0.25, 0.3) is 0 Å². The summed E-state index contributed by atoms with van der Waals surface area (Å²) in [5, 5.41) is 9.13. The summed E-state index contributed by atoms with van der Waals surface area (Å²) in [5.74, 6) is 0.0619. The molecule has 1 amide bonds. The Morgan fingerprint density at radius 2 is 1.81 bits per heavy atom. The smallest absolute Gasteiger partial charge is 0.308 e. The summed E-state index contributed by atoms with van der Waals surface area (Å²) in [6.07, 6.45) is 9.75. The molecule has 120 valence electrons. The Labute approximate surface area is 127 Å². The summed E-state index contributed by atoms with van der Waals surface area (Å²) in [5.41, 5.74) is 0. The van der Waals surface area contributed by atoms with Crippen LogP contribution in [0.3, 0.4) is 0 Å². The van der Waals surface area contributed by atoms with E-state index in [-0.39, 0.29) is 17.7 Å². The summed E-state index contributed by atoms with van der Waals surface area (Å²) >= 11 is 0. The lowest BCUT2D eigenvalue weighted by Crippen LogP contribution is -2.45. The molecule has 0 aromatic carbocycles. The van der Waals surface area contributed by atoms with Crippen LogP contribution in [0, 0.1) is 17.8 Å². The third-order valence-corrected chi connectivity index (χ3v) is 5.24. The van der Waals surface area contributed by atoms with Crippen molar-refractivity contribution in [1.82, 2.24) is 4.90 Å². The zero-order valence-corrected chi connectivity index (χ0v) is 13.2. The lowest BCUT2D eigenvalue weighted by atomic mass is 9.79. The number of carboxylic acids is 1. The molecule has 21 heavy (non-hydrogen) atoms. The number of unbranched alkanes of at least 4 members (excludes halogenated alkanes) is 1. The Morgan fingerprint density at radius 1 is 1.10 bits per heavy atom. The van der Waals surface area contributed by atoms with Crippen molar-refractivity contribution in [2.24, 2.45) is 17.8 Å². The quantitative estimate of drug-likeness (QED) is 0.846. The van der Waals surface area contributed by atoms with Gasteiger partial charge in [-0.25, -0.2) is 0 Å². The predicted molar refractivity (Wildman–Crippen MR) is 81.9 cm³/mol. The molecule has 0 aromatic heterocycles. The van der Waals surface area contributed by atoms with Crippen LogP contribution in [0.5, 0.6) is 0 Å². The number of piperidine rings is 1. The Kier molecular flexibility index (Phi) is 6.07. The third-order valence-electron chi connectivity index (χ3n) is 5.24. The highest BCUT2D eigenvalue weighted by molar-refractivity contribution is 5.80. The summed E-state index contributed by atoms with van der Waals surface area (Å²) in [4.78, 5) is 25.5. The highest BCUT2D eigenvalue weighted by Gasteiger charge is 2.33. The number of carbonyl (C=O) groups is 2. The van der Waals surface area contributed by atoms with Gasteiger partial charge in [0.2, 0.25) is 5.91 Å². The van der Waals surface area contributed by atoms with Crippen LogP contribution in [0.1, 0.15) is 64.7 Å². The van der Waals surface area contributed by atoms with Crippen LogP contribution in [-0.4, -0.2) is 35.0 Å². The van der Waals surface area contributed by atoms with Gasteiger partial charge >= 0.3 is 5.97 Å². The van der Waals surface area contributed by atoms with Crippen LogP contribution >= 0.6 is 0 Å². The van der Waals surface area contributed by atoms with Crippen LogP contribution in [0.4, 0.5) is 0 Å². The van der Waals surface area contributed by atoms with Crippen molar-refractivity contribution in [3.8, 4) is 0 Å². The number of hydrogen-bond acceptors (Lipinski definition) is 2. The number of carboxylic acid groups (broad SMARTS) is 1. The molecule has 1 heterocycles. The maximum Gasteiger partial charge on any atom is 0.308 e. The van der Waals surface area contributed by atoms with Gasteiger partial charge in [0.05, 0.1) is 5.92 Å². The maximum absolute atomic E-state index is 12.6. The number of carbonyl (C=O) groups excluding carboxylic acids is 1. The molecule has 2 fully saturated rings. The van der Waals surface area contributed by atoms with Gasteiger partial charge in [0.25, 0.3) is 0 Å². The molecule has 0 spiro atoms. The lowest BCUT2D eigenvalue weighted by molar-refractivity contribution is -0.147. The van der Waals surface area contributed by atoms with Crippen molar-refractivity contribution >= 4 is 11.9 Å². The first-order valence-corrected chi connectivity index (χ1v) is 8.63. The summed E-state index contributed by atoms with van der Waals surface area (Å²) in [7, 11) is 0. The Hall–Kier alpha value is -1.06. The van der Waals surface area contributed by atoms with Crippen LogP contribution < -0.4 is 0 Å². The number of nitrogens with zero attached hydrogens (tertiary/aromatic N) is 1. The van der Waals surface area contributed by atoms with E-state index in [2.05, 4.69) is 6.92 Å². The molecule has 1 saturated heterocycles. The molecule has 2 rings (SSSR count). The average Bonchev–Trinajstić information content (AvgIpc) is 2.53. The van der Waals surface area contributed by atoms with E-state index >= 15 is 0 Å². The zero-order chi connectivity index (χ0) is 15.2. The number of amides is 1. The molecule has 0 unspecified atom stereocenters. The molecule has 1 aliphatic heterocycles. The topological polar surface area (TPSA) is 57.6 Å². The molecule has 1 atom stereocenters. The Morgan fingerprint density at radius 3 is 2.43 bits per heavy atom. The van der Waals surface area contributed by atoms with E-state index in [4.69, 9.17) is 5.11 Å². The fraction of sp³-hybridized carbons (Fsp3) is 0.882. The van der Waals surface area contributed by atoms with Gasteiger partial charge in [0.15, 0.2) is 0 Å². The molecule has 0 aromatic rings. The van der Waals surface area contributed by atoms with E-state index in [1.807, 2.05) is 4.90 Å². The van der Waals surface area contributed by atoms with Gasteiger partial charge in [-0.15, -0.1) is 0 Å². The first-order valence-electron chi connectivity index (χ1n) is 8.63. The SMILES string of the molecule is CCCCC1CCC(C(=O)N2CCC[C@@H](C(=O)O)C2)CC1. The molecule has 1 aliphatic carbocycles. The van der Waals surface area contributed by atoms with Gasteiger partial charge in [-0.2, -0.15) is 0 Å². The molecule has 0 bridgehead atoms. The van der Waals surface area contributed by atoms with Crippen LogP contribution in [-0.2, 0) is 9.59 Å². The minimum absolute atomic E-state index is 0.149. The maximum atomic E-state index is 12.6. The first kappa shape index (κ1) is 16.3. The minimum atomic E-state index is -0.754. The molecule has 1 N–H and O–H groups in total. The zero-order valence-electron chi connectivity index (χ0n) is 13.2. The predicted octanol–water partition coefficient (Wildman–Crippen LogP) is 3.31. The average molecular weight is 295 g/mol. The number of likely N-dealkylation sites (tertiary alicyclic amines) is 1. The second-order valence-corrected chi connectivity index (χ2v) is 6.82. The molecule has 0 radical (unpaired) electrons. The van der Waals surface area contributed by atoms with E-state index < -0.39 is 5.97 Å². The lowest BCUT2D eigenvalue weighted by Gasteiger charge is -2.35. The van der Waals surface area contributed by atoms with Crippen molar-refractivity contribution in [3.05, 3.63) is 0 Å². The van der Waals surface area contributed by atoms with Gasteiger partial charge in [0.1, 0.15) is 0 Å². The molecular formula is C17H29NO3. The number of aliphatic carboxylic acids is 1. The molecule has 1 saturated carbocycles. The van der Waals surface area contributed by atoms with E-state index in [1.54, 1.807) is 0 Å². The second kappa shape index (κ2) is 7.81. The van der Waals surface area contributed by atoms with Gasteiger partial charge in [-0.1, -0.05) is 26.2 Å². The van der Waals surface area contributed by atoms with Crippen molar-refractivity contribution in [3.63, 3.8) is 0 Å². The summed E-state index contributed by atoms with van der Waals surface area (Å²) in [6.45, 7) is 3.40. The largest absolute Gasteiger partial charge is 0.481 e. The standard InChI is InChI=1S/C17H29NO3/c1-2-3-5-13-7-9-14(10-8-13)16(19)18-11-4-6-15(12-18)17(20)21/h13-15H,2-12H2,1H3,(H,20,21)/t13?,14?,15-/m1/s1. The van der Waals surface area contributed by atoms with Crippen LogP contribution in [0.2, 0.25) is 0 Å². The minimum Gasteiger partial charge on any atom is -0.481 e. The highest BCUT2D eigenvalue weighted by atomic mass is 16.4. The summed E-state index contributed by atoms with van der Waals surface area (Å²) in [6, 6.07) is 0. The monoisotopic (exact) mass is 295 g/mol. The van der Waals surface area contributed by atoms with Gasteiger partial charge in [-0.3, -0.25) is 9.59 Å². The van der Waals surface area contributed by atoms with Crippen molar-refractivity contribution in [2.45, 2.75) is 64.7 Å². The third kappa shape index (κ3) is 4.45. The Balaban J connectivity index is 1.80. The van der Waals surface area contributed by atoms with E-state index in [9.17, 15) is 9.59 Å². The Bertz CT molecular complexity index is 361.